The molecule has 3 rings (SSSR count). The first-order chi connectivity index (χ1) is 15.0. The summed E-state index contributed by atoms with van der Waals surface area (Å²) in [4.78, 5) is 27.0. The summed E-state index contributed by atoms with van der Waals surface area (Å²) in [6.07, 6.45) is 2.09. The molecule has 1 aliphatic rings. The van der Waals surface area contributed by atoms with E-state index in [1.165, 1.54) is 0 Å². The van der Waals surface area contributed by atoms with E-state index in [1.54, 1.807) is 25.3 Å². The molecule has 0 aliphatic carbocycles. The summed E-state index contributed by atoms with van der Waals surface area (Å²) in [5.41, 5.74) is 2.04. The van der Waals surface area contributed by atoms with Crippen molar-refractivity contribution in [2.24, 2.45) is 5.92 Å². The Bertz CT molecular complexity index is 879. The number of rotatable bonds is 9. The number of anilines is 2. The van der Waals surface area contributed by atoms with Crippen molar-refractivity contribution in [1.29, 1.82) is 0 Å². The van der Waals surface area contributed by atoms with Gasteiger partial charge in [-0.2, -0.15) is 0 Å². The molecule has 0 spiro atoms. The fourth-order valence-electron chi connectivity index (χ4n) is 3.45. The highest BCUT2D eigenvalue weighted by Gasteiger charge is 2.21. The highest BCUT2D eigenvalue weighted by Crippen LogP contribution is 2.20. The Balaban J connectivity index is 1.51. The first-order valence-corrected chi connectivity index (χ1v) is 10.7. The number of hydrogen-bond acceptors (Lipinski definition) is 5. The standard InChI is InChI=1S/C24H31N3O4/c1-18-9-11-27(12-10-18)24(29)19-5-3-6-20(15-19)25-17-23(28)26-21-7-4-8-22(16-21)31-14-13-30-2/h3-8,15-16,18,25H,9-14,17H2,1-2H3,(H,26,28). The van der Waals surface area contributed by atoms with E-state index < -0.39 is 0 Å². The van der Waals surface area contributed by atoms with Crippen LogP contribution in [0.1, 0.15) is 30.1 Å². The lowest BCUT2D eigenvalue weighted by molar-refractivity contribution is -0.114. The van der Waals surface area contributed by atoms with Gasteiger partial charge in [0, 0.05) is 43.2 Å². The van der Waals surface area contributed by atoms with Gasteiger partial charge in [0.2, 0.25) is 5.91 Å². The molecule has 0 radical (unpaired) electrons. The summed E-state index contributed by atoms with van der Waals surface area (Å²) in [6.45, 7) is 4.86. The summed E-state index contributed by atoms with van der Waals surface area (Å²) >= 11 is 0. The van der Waals surface area contributed by atoms with Crippen molar-refractivity contribution >= 4 is 23.2 Å². The fourth-order valence-corrected chi connectivity index (χ4v) is 3.45. The van der Waals surface area contributed by atoms with E-state index in [0.717, 1.165) is 31.6 Å². The Hall–Kier alpha value is -3.06. The lowest BCUT2D eigenvalue weighted by Gasteiger charge is -2.30. The molecule has 0 atom stereocenters. The van der Waals surface area contributed by atoms with E-state index in [0.29, 0.717) is 36.1 Å². The van der Waals surface area contributed by atoms with Crippen LogP contribution in [0.15, 0.2) is 48.5 Å². The van der Waals surface area contributed by atoms with E-state index in [1.807, 2.05) is 35.2 Å². The van der Waals surface area contributed by atoms with Crippen LogP contribution in [-0.4, -0.2) is 56.7 Å². The molecule has 7 nitrogen and oxygen atoms in total. The minimum atomic E-state index is -0.184. The number of piperidine rings is 1. The summed E-state index contributed by atoms with van der Waals surface area (Å²) in [5.74, 6) is 1.20. The molecule has 0 aromatic heterocycles. The third kappa shape index (κ3) is 7.00. The van der Waals surface area contributed by atoms with Gasteiger partial charge in [-0.05, 0) is 49.1 Å². The predicted octanol–water partition coefficient (Wildman–Crippen LogP) is 3.63. The molecule has 1 aliphatic heterocycles. The second-order valence-electron chi connectivity index (χ2n) is 7.83. The van der Waals surface area contributed by atoms with Gasteiger partial charge in [-0.25, -0.2) is 0 Å². The number of amides is 2. The zero-order chi connectivity index (χ0) is 22.1. The van der Waals surface area contributed by atoms with Crippen LogP contribution in [0.2, 0.25) is 0 Å². The Morgan fingerprint density at radius 2 is 1.77 bits per heavy atom. The van der Waals surface area contributed by atoms with E-state index >= 15 is 0 Å². The van der Waals surface area contributed by atoms with Gasteiger partial charge in [-0.15, -0.1) is 0 Å². The number of benzene rings is 2. The van der Waals surface area contributed by atoms with E-state index in [-0.39, 0.29) is 18.4 Å². The Morgan fingerprint density at radius 3 is 2.55 bits per heavy atom. The van der Waals surface area contributed by atoms with Gasteiger partial charge in [0.1, 0.15) is 12.4 Å². The first kappa shape index (κ1) is 22.6. The molecule has 0 unspecified atom stereocenters. The van der Waals surface area contributed by atoms with Gasteiger partial charge >= 0.3 is 0 Å². The highest BCUT2D eigenvalue weighted by atomic mass is 16.5. The predicted molar refractivity (Wildman–Crippen MR) is 122 cm³/mol. The average molecular weight is 426 g/mol. The number of methoxy groups -OCH3 is 1. The largest absolute Gasteiger partial charge is 0.491 e. The summed E-state index contributed by atoms with van der Waals surface area (Å²) in [6, 6.07) is 14.5. The van der Waals surface area contributed by atoms with Crippen molar-refractivity contribution in [3.63, 3.8) is 0 Å². The summed E-state index contributed by atoms with van der Waals surface area (Å²) in [5, 5.41) is 5.94. The molecular weight excluding hydrogens is 394 g/mol. The molecule has 166 valence electrons. The van der Waals surface area contributed by atoms with Gasteiger partial charge in [0.05, 0.1) is 13.2 Å². The lowest BCUT2D eigenvalue weighted by atomic mass is 9.98. The van der Waals surface area contributed by atoms with Crippen molar-refractivity contribution < 1.29 is 19.1 Å². The summed E-state index contributed by atoms with van der Waals surface area (Å²) in [7, 11) is 1.62. The third-order valence-electron chi connectivity index (χ3n) is 5.31. The van der Waals surface area contributed by atoms with Crippen molar-refractivity contribution in [3.05, 3.63) is 54.1 Å². The van der Waals surface area contributed by atoms with Gasteiger partial charge < -0.3 is 25.0 Å². The zero-order valence-corrected chi connectivity index (χ0v) is 18.2. The molecule has 2 aromatic rings. The Morgan fingerprint density at radius 1 is 1.03 bits per heavy atom. The van der Waals surface area contributed by atoms with Gasteiger partial charge in [0.25, 0.3) is 5.91 Å². The van der Waals surface area contributed by atoms with Crippen molar-refractivity contribution in [2.45, 2.75) is 19.8 Å². The van der Waals surface area contributed by atoms with Crippen molar-refractivity contribution in [1.82, 2.24) is 4.90 Å². The van der Waals surface area contributed by atoms with Gasteiger partial charge in [0.15, 0.2) is 0 Å². The molecule has 0 bridgehead atoms. The molecule has 7 heteroatoms. The lowest BCUT2D eigenvalue weighted by Crippen LogP contribution is -2.37. The molecular formula is C24H31N3O4. The number of carbonyl (C=O) groups is 2. The first-order valence-electron chi connectivity index (χ1n) is 10.7. The molecule has 0 saturated carbocycles. The third-order valence-corrected chi connectivity index (χ3v) is 5.31. The minimum absolute atomic E-state index is 0.0466. The second kappa shape index (κ2) is 11.4. The number of likely N-dealkylation sites (tertiary alicyclic amines) is 1. The Labute approximate surface area is 183 Å². The quantitative estimate of drug-likeness (QED) is 0.600. The highest BCUT2D eigenvalue weighted by molar-refractivity contribution is 5.96. The molecule has 1 fully saturated rings. The number of ether oxygens (including phenoxy) is 2. The molecule has 31 heavy (non-hydrogen) atoms. The number of carbonyl (C=O) groups excluding carboxylic acids is 2. The minimum Gasteiger partial charge on any atom is -0.491 e. The topological polar surface area (TPSA) is 79.9 Å². The monoisotopic (exact) mass is 425 g/mol. The zero-order valence-electron chi connectivity index (χ0n) is 18.2. The van der Waals surface area contributed by atoms with Gasteiger partial charge in [-0.3, -0.25) is 9.59 Å². The van der Waals surface area contributed by atoms with Crippen molar-refractivity contribution in [2.75, 3.05) is 50.6 Å². The van der Waals surface area contributed by atoms with Crippen LogP contribution in [0.5, 0.6) is 5.75 Å². The molecule has 2 amide bonds. The molecule has 1 heterocycles. The number of hydrogen-bond donors (Lipinski definition) is 2. The van der Waals surface area contributed by atoms with Gasteiger partial charge in [-0.1, -0.05) is 19.1 Å². The summed E-state index contributed by atoms with van der Waals surface area (Å²) < 4.78 is 10.5. The van der Waals surface area contributed by atoms with Crippen LogP contribution in [0.3, 0.4) is 0 Å². The number of nitrogens with zero attached hydrogens (tertiary/aromatic N) is 1. The van der Waals surface area contributed by atoms with E-state index in [2.05, 4.69) is 17.6 Å². The Kier molecular flexibility index (Phi) is 8.29. The van der Waals surface area contributed by atoms with Crippen molar-refractivity contribution in [3.8, 4) is 5.75 Å². The van der Waals surface area contributed by atoms with E-state index in [4.69, 9.17) is 9.47 Å². The van der Waals surface area contributed by atoms with Crippen LogP contribution in [0.4, 0.5) is 11.4 Å². The molecule has 1 saturated heterocycles. The maximum Gasteiger partial charge on any atom is 0.253 e. The smallest absolute Gasteiger partial charge is 0.253 e. The molecule has 2 aromatic carbocycles. The normalized spacial score (nSPS) is 14.2. The maximum absolute atomic E-state index is 12.8. The van der Waals surface area contributed by atoms with Crippen LogP contribution in [0.25, 0.3) is 0 Å². The molecule has 2 N–H and O–H groups in total. The van der Waals surface area contributed by atoms with Crippen LogP contribution in [0, 0.1) is 5.92 Å². The van der Waals surface area contributed by atoms with Crippen LogP contribution in [-0.2, 0) is 9.53 Å². The van der Waals surface area contributed by atoms with Crippen LogP contribution >= 0.6 is 0 Å². The SMILES string of the molecule is COCCOc1cccc(NC(=O)CNc2cccc(C(=O)N3CCC(C)CC3)c2)c1. The van der Waals surface area contributed by atoms with E-state index in [9.17, 15) is 9.59 Å². The maximum atomic E-state index is 12.8. The second-order valence-corrected chi connectivity index (χ2v) is 7.83. The fraction of sp³-hybridized carbons (Fsp3) is 0.417. The average Bonchev–Trinajstić information content (AvgIpc) is 2.78. The van der Waals surface area contributed by atoms with Crippen LogP contribution < -0.4 is 15.4 Å². The number of nitrogens with one attached hydrogen (secondary N) is 2.